The molecule has 7 heteroatoms. The molecule has 110 valence electrons. The first-order chi connectivity index (χ1) is 10.0. The summed E-state index contributed by atoms with van der Waals surface area (Å²) in [4.78, 5) is 10.3. The molecule has 0 spiro atoms. The number of hydrogen-bond acceptors (Lipinski definition) is 4. The van der Waals surface area contributed by atoms with Crippen LogP contribution in [-0.4, -0.2) is 12.0 Å². The van der Waals surface area contributed by atoms with E-state index in [0.717, 1.165) is 0 Å². The number of methoxy groups -OCH3 is 1. The topological polar surface area (TPSA) is 61.6 Å². The van der Waals surface area contributed by atoms with Crippen LogP contribution in [0.3, 0.4) is 0 Å². The maximum atomic E-state index is 10.8. The van der Waals surface area contributed by atoms with E-state index in [-0.39, 0.29) is 12.3 Å². The Morgan fingerprint density at radius 1 is 1.19 bits per heavy atom. The van der Waals surface area contributed by atoms with Crippen LogP contribution in [0.15, 0.2) is 36.4 Å². The van der Waals surface area contributed by atoms with Gasteiger partial charge in [0.25, 0.3) is 5.69 Å². The summed E-state index contributed by atoms with van der Waals surface area (Å²) >= 11 is 12.0. The minimum Gasteiger partial charge on any atom is -0.496 e. The van der Waals surface area contributed by atoms with Crippen molar-refractivity contribution in [3.63, 3.8) is 0 Å². The maximum Gasteiger partial charge on any atom is 0.270 e. The van der Waals surface area contributed by atoms with Crippen molar-refractivity contribution < 1.29 is 14.4 Å². The van der Waals surface area contributed by atoms with Crippen molar-refractivity contribution in [3.05, 3.63) is 62.1 Å². The number of benzene rings is 2. The molecule has 0 fully saturated rings. The van der Waals surface area contributed by atoms with Crippen LogP contribution in [0.5, 0.6) is 11.5 Å². The maximum absolute atomic E-state index is 10.8. The number of para-hydroxylation sites is 1. The molecule has 21 heavy (non-hydrogen) atoms. The van der Waals surface area contributed by atoms with Crippen LogP contribution in [0, 0.1) is 10.1 Å². The summed E-state index contributed by atoms with van der Waals surface area (Å²) in [7, 11) is 1.48. The molecule has 0 radical (unpaired) electrons. The van der Waals surface area contributed by atoms with Crippen molar-refractivity contribution >= 4 is 28.9 Å². The summed E-state index contributed by atoms with van der Waals surface area (Å²) in [5.74, 6) is 0.818. The van der Waals surface area contributed by atoms with E-state index in [1.54, 1.807) is 18.2 Å². The Labute approximate surface area is 131 Å². The molecule has 0 heterocycles. The highest BCUT2D eigenvalue weighted by molar-refractivity contribution is 6.37. The lowest BCUT2D eigenvalue weighted by Crippen LogP contribution is -2.01. The van der Waals surface area contributed by atoms with Crippen LogP contribution in [0.1, 0.15) is 5.56 Å². The third-order valence-electron chi connectivity index (χ3n) is 2.77. The van der Waals surface area contributed by atoms with Gasteiger partial charge in [-0.3, -0.25) is 10.1 Å². The zero-order chi connectivity index (χ0) is 15.4. The van der Waals surface area contributed by atoms with E-state index in [1.807, 2.05) is 0 Å². The third kappa shape index (κ3) is 3.56. The van der Waals surface area contributed by atoms with Gasteiger partial charge in [-0.05, 0) is 18.2 Å². The van der Waals surface area contributed by atoms with Gasteiger partial charge < -0.3 is 9.47 Å². The number of halogens is 2. The lowest BCUT2D eigenvalue weighted by atomic mass is 10.2. The van der Waals surface area contributed by atoms with Gasteiger partial charge in [0.2, 0.25) is 0 Å². The largest absolute Gasteiger partial charge is 0.496 e. The van der Waals surface area contributed by atoms with E-state index >= 15 is 0 Å². The molecule has 0 unspecified atom stereocenters. The Morgan fingerprint density at radius 3 is 2.43 bits per heavy atom. The predicted molar refractivity (Wildman–Crippen MR) is 80.4 cm³/mol. The summed E-state index contributed by atoms with van der Waals surface area (Å²) in [6.45, 7) is 0.0499. The minimum atomic E-state index is -0.481. The van der Waals surface area contributed by atoms with E-state index in [0.29, 0.717) is 27.1 Å². The van der Waals surface area contributed by atoms with Crippen molar-refractivity contribution in [1.82, 2.24) is 0 Å². The first-order valence-electron chi connectivity index (χ1n) is 5.91. The van der Waals surface area contributed by atoms with Gasteiger partial charge in [-0.1, -0.05) is 29.3 Å². The molecule has 0 aliphatic carbocycles. The second kappa shape index (κ2) is 6.65. The lowest BCUT2D eigenvalue weighted by molar-refractivity contribution is -0.385. The Morgan fingerprint density at radius 2 is 1.86 bits per heavy atom. The molecular formula is C14H11Cl2NO4. The monoisotopic (exact) mass is 327 g/mol. The van der Waals surface area contributed by atoms with E-state index < -0.39 is 4.92 Å². The van der Waals surface area contributed by atoms with Gasteiger partial charge in [0.15, 0.2) is 5.75 Å². The van der Waals surface area contributed by atoms with E-state index in [9.17, 15) is 10.1 Å². The quantitative estimate of drug-likeness (QED) is 0.599. The van der Waals surface area contributed by atoms with Gasteiger partial charge >= 0.3 is 0 Å². The zero-order valence-electron chi connectivity index (χ0n) is 11.0. The van der Waals surface area contributed by atoms with Gasteiger partial charge in [-0.25, -0.2) is 0 Å². The summed E-state index contributed by atoms with van der Waals surface area (Å²) < 4.78 is 10.7. The Balaban J connectivity index is 2.26. The number of hydrogen-bond donors (Lipinski definition) is 0. The summed E-state index contributed by atoms with van der Waals surface area (Å²) in [5, 5.41) is 11.6. The molecule has 0 bridgehead atoms. The number of nitro benzene ring substituents is 1. The average Bonchev–Trinajstić information content (AvgIpc) is 2.46. The Hall–Kier alpha value is -1.98. The van der Waals surface area contributed by atoms with Crippen LogP contribution >= 0.6 is 23.2 Å². The molecular weight excluding hydrogens is 317 g/mol. The molecule has 0 amide bonds. The molecule has 0 saturated heterocycles. The molecule has 0 N–H and O–H groups in total. The number of rotatable bonds is 5. The van der Waals surface area contributed by atoms with Crippen molar-refractivity contribution in [3.8, 4) is 11.5 Å². The van der Waals surface area contributed by atoms with Crippen molar-refractivity contribution in [2.24, 2.45) is 0 Å². The fourth-order valence-electron chi connectivity index (χ4n) is 1.76. The van der Waals surface area contributed by atoms with Gasteiger partial charge in [0.1, 0.15) is 12.4 Å². The van der Waals surface area contributed by atoms with Gasteiger partial charge in [0, 0.05) is 17.7 Å². The third-order valence-corrected chi connectivity index (χ3v) is 3.36. The molecule has 5 nitrogen and oxygen atoms in total. The highest BCUT2D eigenvalue weighted by Crippen LogP contribution is 2.34. The molecule has 0 atom stereocenters. The van der Waals surface area contributed by atoms with Crippen LogP contribution in [0.2, 0.25) is 10.0 Å². The second-order valence-corrected chi connectivity index (χ2v) is 4.91. The fraction of sp³-hybridized carbons (Fsp3) is 0.143. The highest BCUT2D eigenvalue weighted by Gasteiger charge is 2.13. The molecule has 0 saturated carbocycles. The molecule has 0 aromatic heterocycles. The minimum absolute atomic E-state index is 0.0420. The van der Waals surface area contributed by atoms with Crippen molar-refractivity contribution in [2.75, 3.05) is 7.11 Å². The van der Waals surface area contributed by atoms with E-state index in [1.165, 1.54) is 25.3 Å². The first-order valence-corrected chi connectivity index (χ1v) is 6.66. The van der Waals surface area contributed by atoms with Gasteiger partial charge in [0.05, 0.1) is 22.1 Å². The number of ether oxygens (including phenoxy) is 2. The SMILES string of the molecule is COc1ccc([N+](=O)[O-])cc1COc1c(Cl)cccc1Cl. The molecule has 2 rings (SSSR count). The molecule has 2 aromatic carbocycles. The normalized spacial score (nSPS) is 10.2. The number of nitrogens with zero attached hydrogens (tertiary/aromatic N) is 1. The van der Waals surface area contributed by atoms with E-state index in [4.69, 9.17) is 32.7 Å². The molecule has 0 aliphatic rings. The van der Waals surface area contributed by atoms with Crippen LogP contribution in [0.4, 0.5) is 5.69 Å². The van der Waals surface area contributed by atoms with Crippen LogP contribution in [0.25, 0.3) is 0 Å². The Bertz CT molecular complexity index is 656. The van der Waals surface area contributed by atoms with Gasteiger partial charge in [-0.15, -0.1) is 0 Å². The summed E-state index contributed by atoms with van der Waals surface area (Å²) in [5.41, 5.74) is 0.488. The summed E-state index contributed by atoms with van der Waals surface area (Å²) in [6, 6.07) is 9.27. The average molecular weight is 328 g/mol. The van der Waals surface area contributed by atoms with Crippen molar-refractivity contribution in [2.45, 2.75) is 6.61 Å². The zero-order valence-corrected chi connectivity index (χ0v) is 12.5. The number of nitro groups is 1. The lowest BCUT2D eigenvalue weighted by Gasteiger charge is -2.12. The second-order valence-electron chi connectivity index (χ2n) is 4.09. The molecule has 2 aromatic rings. The first kappa shape index (κ1) is 15.4. The standard InChI is InChI=1S/C14H11Cl2NO4/c1-20-13-6-5-10(17(18)19)7-9(13)8-21-14-11(15)3-2-4-12(14)16/h2-7H,8H2,1H3. The fourth-order valence-corrected chi connectivity index (χ4v) is 2.27. The van der Waals surface area contributed by atoms with Crippen molar-refractivity contribution in [1.29, 1.82) is 0 Å². The van der Waals surface area contributed by atoms with E-state index in [2.05, 4.69) is 0 Å². The molecule has 0 aliphatic heterocycles. The Kier molecular flexibility index (Phi) is 4.88. The summed E-state index contributed by atoms with van der Waals surface area (Å²) in [6.07, 6.45) is 0. The highest BCUT2D eigenvalue weighted by atomic mass is 35.5. The number of non-ortho nitro benzene ring substituents is 1. The van der Waals surface area contributed by atoms with Gasteiger partial charge in [-0.2, -0.15) is 0 Å². The van der Waals surface area contributed by atoms with Crippen LogP contribution < -0.4 is 9.47 Å². The predicted octanol–water partition coefficient (Wildman–Crippen LogP) is 4.49. The van der Waals surface area contributed by atoms with Crippen LogP contribution in [-0.2, 0) is 6.61 Å². The smallest absolute Gasteiger partial charge is 0.270 e.